The summed E-state index contributed by atoms with van der Waals surface area (Å²) in [5, 5.41) is 0. The van der Waals surface area contributed by atoms with Gasteiger partial charge in [-0.1, -0.05) is 0 Å². The number of rotatable bonds is 2. The summed E-state index contributed by atoms with van der Waals surface area (Å²) in [6.45, 7) is 1.85. The number of carbonyl (C=O) groups excluding carboxylic acids is 1. The van der Waals surface area contributed by atoms with Crippen molar-refractivity contribution in [3.8, 4) is 11.5 Å². The van der Waals surface area contributed by atoms with Gasteiger partial charge in [-0.05, 0) is 24.6 Å². The standard InChI is InChI=1S/C15H17NO4S/c1-18-11-5-15(21-6-11)7-16(8-15)14(17)10-2-3-12-13(4-10)20-9-19-12/h2-4,11H,5-9H2,1H3. The molecule has 0 N–H and O–H groups in total. The van der Waals surface area contributed by atoms with Crippen LogP contribution in [0.2, 0.25) is 0 Å². The molecule has 3 aliphatic heterocycles. The molecule has 6 heteroatoms. The van der Waals surface area contributed by atoms with Crippen molar-refractivity contribution in [1.82, 2.24) is 4.90 Å². The minimum Gasteiger partial charge on any atom is -0.454 e. The molecule has 0 aliphatic carbocycles. The van der Waals surface area contributed by atoms with Gasteiger partial charge < -0.3 is 19.1 Å². The van der Waals surface area contributed by atoms with Crippen molar-refractivity contribution in [2.24, 2.45) is 0 Å². The van der Waals surface area contributed by atoms with Gasteiger partial charge in [0.15, 0.2) is 11.5 Å². The number of nitrogens with zero attached hydrogens (tertiary/aromatic N) is 1. The number of thioether (sulfide) groups is 1. The van der Waals surface area contributed by atoms with Crippen LogP contribution in [0.1, 0.15) is 16.8 Å². The molecule has 1 unspecified atom stereocenters. The predicted molar refractivity (Wildman–Crippen MR) is 79.1 cm³/mol. The highest BCUT2D eigenvalue weighted by Gasteiger charge is 2.50. The van der Waals surface area contributed by atoms with Crippen molar-refractivity contribution in [1.29, 1.82) is 0 Å². The number of hydrogen-bond donors (Lipinski definition) is 0. The lowest BCUT2D eigenvalue weighted by Gasteiger charge is -2.47. The van der Waals surface area contributed by atoms with E-state index in [4.69, 9.17) is 14.2 Å². The van der Waals surface area contributed by atoms with E-state index in [1.54, 1.807) is 25.3 Å². The molecule has 0 aromatic heterocycles. The van der Waals surface area contributed by atoms with Crippen LogP contribution in [-0.4, -0.2) is 54.4 Å². The van der Waals surface area contributed by atoms with Crippen LogP contribution in [0.4, 0.5) is 0 Å². The maximum absolute atomic E-state index is 12.5. The maximum Gasteiger partial charge on any atom is 0.254 e. The summed E-state index contributed by atoms with van der Waals surface area (Å²) in [4.78, 5) is 14.4. The molecule has 1 aromatic rings. The van der Waals surface area contributed by atoms with Gasteiger partial charge >= 0.3 is 0 Å². The summed E-state index contributed by atoms with van der Waals surface area (Å²) >= 11 is 1.94. The number of benzene rings is 1. The van der Waals surface area contributed by atoms with Gasteiger partial charge in [0.1, 0.15) is 0 Å². The Morgan fingerprint density at radius 3 is 2.95 bits per heavy atom. The Balaban J connectivity index is 1.43. The van der Waals surface area contributed by atoms with Gasteiger partial charge in [-0.15, -0.1) is 11.8 Å². The van der Waals surface area contributed by atoms with Gasteiger partial charge in [-0.3, -0.25) is 4.79 Å². The molecule has 3 aliphatic rings. The molecule has 3 heterocycles. The molecule has 1 aromatic carbocycles. The topological polar surface area (TPSA) is 48.0 Å². The first kappa shape index (κ1) is 13.3. The van der Waals surface area contributed by atoms with Gasteiger partial charge in [0.2, 0.25) is 6.79 Å². The fraction of sp³-hybridized carbons (Fsp3) is 0.533. The largest absolute Gasteiger partial charge is 0.454 e. The highest BCUT2D eigenvalue weighted by Crippen LogP contribution is 2.46. The molecule has 112 valence electrons. The maximum atomic E-state index is 12.5. The third kappa shape index (κ3) is 2.17. The van der Waals surface area contributed by atoms with Crippen LogP contribution >= 0.6 is 11.8 Å². The van der Waals surface area contributed by atoms with E-state index in [-0.39, 0.29) is 17.4 Å². The number of hydrogen-bond acceptors (Lipinski definition) is 5. The summed E-state index contributed by atoms with van der Waals surface area (Å²) in [6, 6.07) is 5.38. The molecule has 1 amide bonds. The van der Waals surface area contributed by atoms with Gasteiger partial charge in [-0.2, -0.15) is 0 Å². The molecule has 2 saturated heterocycles. The van der Waals surface area contributed by atoms with E-state index < -0.39 is 0 Å². The lowest BCUT2D eigenvalue weighted by Crippen LogP contribution is -2.60. The van der Waals surface area contributed by atoms with Crippen molar-refractivity contribution >= 4 is 17.7 Å². The summed E-state index contributed by atoms with van der Waals surface area (Å²) in [5.74, 6) is 2.47. The summed E-state index contributed by atoms with van der Waals surface area (Å²) in [6.07, 6.45) is 1.37. The molecule has 0 radical (unpaired) electrons. The smallest absolute Gasteiger partial charge is 0.254 e. The zero-order valence-electron chi connectivity index (χ0n) is 11.8. The Kier molecular flexibility index (Phi) is 3.04. The Morgan fingerprint density at radius 2 is 2.19 bits per heavy atom. The first-order chi connectivity index (χ1) is 10.2. The van der Waals surface area contributed by atoms with E-state index in [2.05, 4.69) is 0 Å². The number of amides is 1. The van der Waals surface area contributed by atoms with Crippen LogP contribution in [0.15, 0.2) is 18.2 Å². The lowest BCUT2D eigenvalue weighted by molar-refractivity contribution is 0.0451. The number of likely N-dealkylation sites (tertiary alicyclic amines) is 1. The van der Waals surface area contributed by atoms with Crippen molar-refractivity contribution in [3.05, 3.63) is 23.8 Å². The molecule has 21 heavy (non-hydrogen) atoms. The second-order valence-electron chi connectivity index (χ2n) is 5.79. The predicted octanol–water partition coefficient (Wildman–Crippen LogP) is 1.76. The van der Waals surface area contributed by atoms with E-state index in [0.29, 0.717) is 23.2 Å². The normalized spacial score (nSPS) is 25.2. The Hall–Kier alpha value is -1.40. The van der Waals surface area contributed by atoms with E-state index in [9.17, 15) is 4.79 Å². The third-order valence-corrected chi connectivity index (χ3v) is 5.95. The molecule has 5 nitrogen and oxygen atoms in total. The number of fused-ring (bicyclic) bond motifs is 1. The average molecular weight is 307 g/mol. The van der Waals surface area contributed by atoms with Gasteiger partial charge in [0, 0.05) is 31.5 Å². The zero-order chi connectivity index (χ0) is 14.4. The lowest BCUT2D eigenvalue weighted by atomic mass is 9.92. The summed E-state index contributed by atoms with van der Waals surface area (Å²) in [7, 11) is 1.76. The quantitative estimate of drug-likeness (QED) is 0.833. The number of carbonyl (C=O) groups is 1. The molecule has 1 atom stereocenters. The van der Waals surface area contributed by atoms with Crippen LogP contribution < -0.4 is 9.47 Å². The first-order valence-corrected chi connectivity index (χ1v) is 8.03. The minimum atomic E-state index is 0.0698. The van der Waals surface area contributed by atoms with E-state index >= 15 is 0 Å². The van der Waals surface area contributed by atoms with Crippen LogP contribution in [0, 0.1) is 0 Å². The van der Waals surface area contributed by atoms with Gasteiger partial charge in [0.25, 0.3) is 5.91 Å². The Bertz CT molecular complexity index is 585. The summed E-state index contributed by atoms with van der Waals surface area (Å²) < 4.78 is 16.2. The second kappa shape index (κ2) is 4.81. The monoisotopic (exact) mass is 307 g/mol. The zero-order valence-corrected chi connectivity index (χ0v) is 12.6. The Morgan fingerprint density at radius 1 is 1.38 bits per heavy atom. The molecular formula is C15H17NO4S. The molecule has 0 saturated carbocycles. The van der Waals surface area contributed by atoms with Gasteiger partial charge in [0.05, 0.1) is 10.9 Å². The average Bonchev–Trinajstić information content (AvgIpc) is 3.10. The molecular weight excluding hydrogens is 290 g/mol. The van der Waals surface area contributed by atoms with E-state index in [1.807, 2.05) is 16.7 Å². The SMILES string of the molecule is COC1CSC2(C1)CN(C(=O)c1ccc3c(c1)OCO3)C2. The first-order valence-electron chi connectivity index (χ1n) is 7.05. The minimum absolute atomic E-state index is 0.0698. The number of ether oxygens (including phenoxy) is 3. The van der Waals surface area contributed by atoms with Crippen molar-refractivity contribution in [2.45, 2.75) is 17.3 Å². The Labute approximate surface area is 127 Å². The van der Waals surface area contributed by atoms with Gasteiger partial charge in [-0.25, -0.2) is 0 Å². The number of methoxy groups -OCH3 is 1. The highest BCUT2D eigenvalue weighted by molar-refractivity contribution is 8.01. The molecule has 1 spiro atoms. The van der Waals surface area contributed by atoms with Crippen LogP contribution in [0.5, 0.6) is 11.5 Å². The molecule has 4 rings (SSSR count). The van der Waals surface area contributed by atoms with Crippen LogP contribution in [0.3, 0.4) is 0 Å². The fourth-order valence-corrected chi connectivity index (χ4v) is 4.77. The second-order valence-corrected chi connectivity index (χ2v) is 7.27. The fourth-order valence-electron chi connectivity index (χ4n) is 3.18. The van der Waals surface area contributed by atoms with Crippen molar-refractivity contribution < 1.29 is 19.0 Å². The summed E-state index contributed by atoms with van der Waals surface area (Å²) in [5.41, 5.74) is 0.667. The van der Waals surface area contributed by atoms with Crippen LogP contribution in [-0.2, 0) is 4.74 Å². The molecule has 2 fully saturated rings. The van der Waals surface area contributed by atoms with E-state index in [1.165, 1.54) is 0 Å². The third-order valence-electron chi connectivity index (χ3n) is 4.37. The van der Waals surface area contributed by atoms with E-state index in [0.717, 1.165) is 25.3 Å². The highest BCUT2D eigenvalue weighted by atomic mass is 32.2. The van der Waals surface area contributed by atoms with Crippen LogP contribution in [0.25, 0.3) is 0 Å². The van der Waals surface area contributed by atoms with Crippen molar-refractivity contribution in [3.63, 3.8) is 0 Å². The van der Waals surface area contributed by atoms with Crippen molar-refractivity contribution in [2.75, 3.05) is 32.7 Å². The molecule has 0 bridgehead atoms.